The van der Waals surface area contributed by atoms with E-state index in [1.165, 1.54) is 7.11 Å². The van der Waals surface area contributed by atoms with E-state index in [4.69, 9.17) is 4.74 Å². The molecule has 0 amide bonds. The topological polar surface area (TPSA) is 55.6 Å². The van der Waals surface area contributed by atoms with Crippen molar-refractivity contribution < 1.29 is 9.53 Å². The summed E-state index contributed by atoms with van der Waals surface area (Å²) in [6, 6.07) is 5.35. The number of fused-ring (bicyclic) bond motifs is 1. The summed E-state index contributed by atoms with van der Waals surface area (Å²) in [6.45, 7) is 0.669. The van der Waals surface area contributed by atoms with Crippen LogP contribution in [0, 0.1) is 0 Å². The smallest absolute Gasteiger partial charge is 0.355 e. The van der Waals surface area contributed by atoms with Gasteiger partial charge in [0.2, 0.25) is 0 Å². The normalized spacial score (nSPS) is 10.6. The number of methoxy groups -OCH3 is 1. The van der Waals surface area contributed by atoms with Gasteiger partial charge in [-0.3, -0.25) is 4.40 Å². The van der Waals surface area contributed by atoms with E-state index in [1.807, 2.05) is 19.3 Å². The van der Waals surface area contributed by atoms with E-state index in [2.05, 4.69) is 10.3 Å². The zero-order valence-electron chi connectivity index (χ0n) is 9.23. The van der Waals surface area contributed by atoms with Gasteiger partial charge in [-0.2, -0.15) is 0 Å². The molecule has 5 nitrogen and oxygen atoms in total. The highest BCUT2D eigenvalue weighted by atomic mass is 16.5. The van der Waals surface area contributed by atoms with Crippen molar-refractivity contribution >= 4 is 11.6 Å². The fraction of sp³-hybridized carbons (Fsp3) is 0.273. The number of ether oxygens (including phenoxy) is 1. The third-order valence-electron chi connectivity index (χ3n) is 2.29. The fourth-order valence-corrected chi connectivity index (χ4v) is 1.60. The molecule has 2 aromatic heterocycles. The van der Waals surface area contributed by atoms with E-state index >= 15 is 0 Å². The summed E-state index contributed by atoms with van der Waals surface area (Å²) in [5, 5.41) is 3.02. The average molecular weight is 219 g/mol. The largest absolute Gasteiger partial charge is 0.464 e. The zero-order chi connectivity index (χ0) is 11.5. The SMILES string of the molecule is CNCc1cn2c(C(=O)OC)cccc2n1. The Morgan fingerprint density at radius 1 is 1.56 bits per heavy atom. The van der Waals surface area contributed by atoms with E-state index < -0.39 is 0 Å². The summed E-state index contributed by atoms with van der Waals surface area (Å²) < 4.78 is 6.45. The maximum atomic E-state index is 11.5. The summed E-state index contributed by atoms with van der Waals surface area (Å²) in [6.07, 6.45) is 1.83. The number of carbonyl (C=O) groups excluding carboxylic acids is 1. The third kappa shape index (κ3) is 1.77. The maximum absolute atomic E-state index is 11.5. The lowest BCUT2D eigenvalue weighted by Gasteiger charge is -2.01. The minimum atomic E-state index is -0.362. The maximum Gasteiger partial charge on any atom is 0.355 e. The number of hydrogen-bond acceptors (Lipinski definition) is 4. The number of rotatable bonds is 3. The fourth-order valence-electron chi connectivity index (χ4n) is 1.60. The molecule has 0 atom stereocenters. The van der Waals surface area contributed by atoms with Crippen LogP contribution >= 0.6 is 0 Å². The van der Waals surface area contributed by atoms with Gasteiger partial charge in [-0.1, -0.05) is 6.07 Å². The number of hydrogen-bond donors (Lipinski definition) is 1. The molecule has 16 heavy (non-hydrogen) atoms. The number of nitrogens with zero attached hydrogens (tertiary/aromatic N) is 2. The lowest BCUT2D eigenvalue weighted by atomic mass is 10.3. The molecular formula is C11H13N3O2. The second kappa shape index (κ2) is 4.32. The Balaban J connectivity index is 2.54. The quantitative estimate of drug-likeness (QED) is 0.777. The first-order valence-electron chi connectivity index (χ1n) is 4.96. The Hall–Kier alpha value is -1.88. The monoisotopic (exact) mass is 219 g/mol. The van der Waals surface area contributed by atoms with Crippen LogP contribution in [0.5, 0.6) is 0 Å². The van der Waals surface area contributed by atoms with Crippen molar-refractivity contribution in [1.29, 1.82) is 0 Å². The van der Waals surface area contributed by atoms with E-state index in [9.17, 15) is 4.79 Å². The molecule has 2 heterocycles. The van der Waals surface area contributed by atoms with E-state index in [1.54, 1.807) is 16.5 Å². The first kappa shape index (κ1) is 10.6. The van der Waals surface area contributed by atoms with E-state index in [0.717, 1.165) is 11.3 Å². The van der Waals surface area contributed by atoms with Crippen LogP contribution in [0.15, 0.2) is 24.4 Å². The highest BCUT2D eigenvalue weighted by molar-refractivity contribution is 5.88. The molecule has 0 bridgehead atoms. The van der Waals surface area contributed by atoms with Gasteiger partial charge in [-0.15, -0.1) is 0 Å². The predicted molar refractivity (Wildman–Crippen MR) is 59.3 cm³/mol. The van der Waals surface area contributed by atoms with Gasteiger partial charge in [0.25, 0.3) is 0 Å². The molecule has 0 saturated heterocycles. The highest BCUT2D eigenvalue weighted by Crippen LogP contribution is 2.10. The van der Waals surface area contributed by atoms with Crippen molar-refractivity contribution in [3.05, 3.63) is 35.8 Å². The first-order valence-corrected chi connectivity index (χ1v) is 4.96. The third-order valence-corrected chi connectivity index (χ3v) is 2.29. The zero-order valence-corrected chi connectivity index (χ0v) is 9.23. The van der Waals surface area contributed by atoms with E-state index in [-0.39, 0.29) is 5.97 Å². The molecule has 2 aromatic rings. The van der Waals surface area contributed by atoms with Crippen LogP contribution in [0.25, 0.3) is 5.65 Å². The van der Waals surface area contributed by atoms with Gasteiger partial charge in [0.1, 0.15) is 11.3 Å². The van der Waals surface area contributed by atoms with Gasteiger partial charge in [-0.25, -0.2) is 9.78 Å². The van der Waals surface area contributed by atoms with Crippen LogP contribution in [-0.4, -0.2) is 29.5 Å². The Kier molecular flexibility index (Phi) is 2.87. The van der Waals surface area contributed by atoms with Gasteiger partial charge in [0.15, 0.2) is 0 Å². The Morgan fingerprint density at radius 3 is 3.06 bits per heavy atom. The molecule has 84 valence electrons. The molecule has 0 aliphatic rings. The highest BCUT2D eigenvalue weighted by Gasteiger charge is 2.11. The van der Waals surface area contributed by atoms with Gasteiger partial charge in [0.05, 0.1) is 12.8 Å². The van der Waals surface area contributed by atoms with Crippen molar-refractivity contribution in [1.82, 2.24) is 14.7 Å². The average Bonchev–Trinajstić information content (AvgIpc) is 2.70. The number of carbonyl (C=O) groups is 1. The summed E-state index contributed by atoms with van der Waals surface area (Å²) in [5.41, 5.74) is 2.11. The first-order chi connectivity index (χ1) is 7.76. The molecule has 0 aliphatic heterocycles. The van der Waals surface area contributed by atoms with Crippen LogP contribution in [0.4, 0.5) is 0 Å². The Bertz CT molecular complexity index is 519. The minimum absolute atomic E-state index is 0.362. The molecule has 0 fully saturated rings. The second-order valence-electron chi connectivity index (χ2n) is 3.39. The molecule has 0 aromatic carbocycles. The van der Waals surface area contributed by atoms with E-state index in [0.29, 0.717) is 12.2 Å². The summed E-state index contributed by atoms with van der Waals surface area (Å²) >= 11 is 0. The molecule has 5 heteroatoms. The number of aromatic nitrogens is 2. The molecule has 0 aliphatic carbocycles. The number of pyridine rings is 1. The Morgan fingerprint density at radius 2 is 2.38 bits per heavy atom. The molecule has 1 N–H and O–H groups in total. The summed E-state index contributed by atoms with van der Waals surface area (Å²) in [7, 11) is 3.22. The van der Waals surface area contributed by atoms with Crippen molar-refractivity contribution in [3.63, 3.8) is 0 Å². The summed E-state index contributed by atoms with van der Waals surface area (Å²) in [4.78, 5) is 15.9. The van der Waals surface area contributed by atoms with Crippen molar-refractivity contribution in [2.24, 2.45) is 0 Å². The van der Waals surface area contributed by atoms with Crippen LogP contribution in [-0.2, 0) is 11.3 Å². The minimum Gasteiger partial charge on any atom is -0.464 e. The molecule has 0 unspecified atom stereocenters. The molecule has 2 rings (SSSR count). The van der Waals surface area contributed by atoms with Gasteiger partial charge < -0.3 is 10.1 Å². The van der Waals surface area contributed by atoms with Gasteiger partial charge >= 0.3 is 5.97 Å². The second-order valence-corrected chi connectivity index (χ2v) is 3.39. The molecule has 0 radical (unpaired) electrons. The van der Waals surface area contributed by atoms with Crippen molar-refractivity contribution in [2.45, 2.75) is 6.54 Å². The van der Waals surface area contributed by atoms with Crippen LogP contribution in [0.1, 0.15) is 16.2 Å². The number of imidazole rings is 1. The van der Waals surface area contributed by atoms with Crippen molar-refractivity contribution in [2.75, 3.05) is 14.2 Å². The molecular weight excluding hydrogens is 206 g/mol. The van der Waals surface area contributed by atoms with Gasteiger partial charge in [0, 0.05) is 12.7 Å². The predicted octanol–water partition coefficient (Wildman–Crippen LogP) is 0.840. The number of nitrogens with one attached hydrogen (secondary N) is 1. The van der Waals surface area contributed by atoms with Crippen LogP contribution in [0.3, 0.4) is 0 Å². The lowest BCUT2D eigenvalue weighted by Crippen LogP contribution is -2.07. The van der Waals surface area contributed by atoms with Gasteiger partial charge in [-0.05, 0) is 19.2 Å². The summed E-state index contributed by atoms with van der Waals surface area (Å²) in [5.74, 6) is -0.362. The van der Waals surface area contributed by atoms with Crippen LogP contribution < -0.4 is 5.32 Å². The van der Waals surface area contributed by atoms with Crippen LogP contribution in [0.2, 0.25) is 0 Å². The van der Waals surface area contributed by atoms with Crippen molar-refractivity contribution in [3.8, 4) is 0 Å². The standard InChI is InChI=1S/C11H13N3O2/c1-12-6-8-7-14-9(11(15)16-2)4-3-5-10(14)13-8/h3-5,7,12H,6H2,1-2H3. The molecule has 0 spiro atoms. The molecule has 0 saturated carbocycles. The lowest BCUT2D eigenvalue weighted by molar-refractivity contribution is 0.0592. The Labute approximate surface area is 93.1 Å². The number of esters is 1.